The van der Waals surface area contributed by atoms with Gasteiger partial charge in [-0.3, -0.25) is 0 Å². The van der Waals surface area contributed by atoms with Crippen molar-refractivity contribution in [3.63, 3.8) is 0 Å². The molecule has 0 aliphatic carbocycles. The van der Waals surface area contributed by atoms with Gasteiger partial charge in [0.1, 0.15) is 5.75 Å². The van der Waals surface area contributed by atoms with Gasteiger partial charge in [0.2, 0.25) is 0 Å². The molecule has 0 atom stereocenters. The molecule has 0 unspecified atom stereocenters. The Hall–Kier alpha value is -0.970. The third-order valence-electron chi connectivity index (χ3n) is 1.72. The summed E-state index contributed by atoms with van der Waals surface area (Å²) in [5.74, 6) is 1.11. The van der Waals surface area contributed by atoms with E-state index in [1.807, 2.05) is 6.26 Å². The van der Waals surface area contributed by atoms with Crippen LogP contribution in [-0.2, 0) is 0 Å². The van der Waals surface area contributed by atoms with Crippen molar-refractivity contribution >= 4 is 17.4 Å². The van der Waals surface area contributed by atoms with Crippen LogP contribution >= 0.6 is 11.8 Å². The van der Waals surface area contributed by atoms with Gasteiger partial charge in [-0.15, -0.1) is 0 Å². The number of nitrogens with one attached hydrogen (secondary N) is 1. The van der Waals surface area contributed by atoms with Crippen molar-refractivity contribution in [2.24, 2.45) is 0 Å². The number of hydrogen-bond donors (Lipinski definition) is 1. The number of alkyl halides is 2. The third kappa shape index (κ3) is 4.38. The third-order valence-corrected chi connectivity index (χ3v) is 2.34. The first-order valence-electron chi connectivity index (χ1n) is 4.50. The highest BCUT2D eigenvalue weighted by molar-refractivity contribution is 7.98. The van der Waals surface area contributed by atoms with Crippen molar-refractivity contribution in [2.45, 2.75) is 6.61 Å². The maximum atomic E-state index is 12.0. The Labute approximate surface area is 92.0 Å². The first kappa shape index (κ1) is 12.1. The Morgan fingerprint density at radius 1 is 1.40 bits per heavy atom. The zero-order chi connectivity index (χ0) is 11.1. The molecule has 84 valence electrons. The quantitative estimate of drug-likeness (QED) is 0.763. The zero-order valence-electron chi connectivity index (χ0n) is 8.37. The summed E-state index contributed by atoms with van der Waals surface area (Å²) >= 11 is 1.69. The van der Waals surface area contributed by atoms with Crippen LogP contribution in [0.1, 0.15) is 0 Å². The molecule has 0 amide bonds. The van der Waals surface area contributed by atoms with Crippen molar-refractivity contribution in [1.29, 1.82) is 0 Å². The molecule has 0 fully saturated rings. The fourth-order valence-corrected chi connectivity index (χ4v) is 1.41. The van der Waals surface area contributed by atoms with E-state index in [-0.39, 0.29) is 5.75 Å². The lowest BCUT2D eigenvalue weighted by molar-refractivity contribution is -0.0493. The predicted molar refractivity (Wildman–Crippen MR) is 59.9 cm³/mol. The molecule has 1 aromatic rings. The average molecular weight is 233 g/mol. The summed E-state index contributed by atoms with van der Waals surface area (Å²) in [5.41, 5.74) is 0.604. The number of anilines is 1. The Morgan fingerprint density at radius 3 is 2.80 bits per heavy atom. The molecule has 0 aliphatic heterocycles. The highest BCUT2D eigenvalue weighted by atomic mass is 32.2. The van der Waals surface area contributed by atoms with Gasteiger partial charge in [0.05, 0.1) is 5.69 Å². The number of benzene rings is 1. The van der Waals surface area contributed by atoms with E-state index in [9.17, 15) is 8.78 Å². The molecular formula is C10H13F2NOS. The minimum atomic E-state index is -2.78. The molecule has 15 heavy (non-hydrogen) atoms. The van der Waals surface area contributed by atoms with Gasteiger partial charge in [-0.2, -0.15) is 20.5 Å². The number of hydrogen-bond acceptors (Lipinski definition) is 3. The number of rotatable bonds is 6. The minimum Gasteiger partial charge on any atom is -0.433 e. The van der Waals surface area contributed by atoms with Crippen LogP contribution in [0, 0.1) is 0 Å². The van der Waals surface area contributed by atoms with Gasteiger partial charge in [0.25, 0.3) is 0 Å². The molecule has 0 radical (unpaired) electrons. The molecule has 0 saturated heterocycles. The normalized spacial score (nSPS) is 10.4. The molecule has 0 bridgehead atoms. The molecule has 0 aliphatic rings. The standard InChI is InChI=1S/C10H13F2NOS/c1-15-7-6-13-8-4-2-3-5-9(8)14-10(11)12/h2-5,10,13H,6-7H2,1H3. The fraction of sp³-hybridized carbons (Fsp3) is 0.400. The van der Waals surface area contributed by atoms with E-state index in [1.54, 1.807) is 30.0 Å². The van der Waals surface area contributed by atoms with Crippen LogP contribution < -0.4 is 10.1 Å². The highest BCUT2D eigenvalue weighted by Crippen LogP contribution is 2.25. The lowest BCUT2D eigenvalue weighted by atomic mass is 10.3. The average Bonchev–Trinajstić information content (AvgIpc) is 2.20. The summed E-state index contributed by atoms with van der Waals surface area (Å²) in [7, 11) is 0. The topological polar surface area (TPSA) is 21.3 Å². The molecule has 2 nitrogen and oxygen atoms in total. The summed E-state index contributed by atoms with van der Waals surface area (Å²) in [6, 6.07) is 6.68. The monoisotopic (exact) mass is 233 g/mol. The second-order valence-corrected chi connectivity index (χ2v) is 3.78. The van der Waals surface area contributed by atoms with Crippen molar-refractivity contribution in [3.05, 3.63) is 24.3 Å². The molecule has 5 heteroatoms. The molecule has 0 saturated carbocycles. The first-order valence-corrected chi connectivity index (χ1v) is 5.90. The summed E-state index contributed by atoms with van der Waals surface area (Å²) in [6.45, 7) is -2.06. The molecule has 1 rings (SSSR count). The largest absolute Gasteiger partial charge is 0.433 e. The van der Waals surface area contributed by atoms with Crippen LogP contribution in [0.4, 0.5) is 14.5 Å². The predicted octanol–water partition coefficient (Wildman–Crippen LogP) is 3.06. The molecule has 1 aromatic carbocycles. The van der Waals surface area contributed by atoms with Crippen LogP contribution in [-0.4, -0.2) is 25.2 Å². The number of para-hydroxylation sites is 2. The van der Waals surface area contributed by atoms with Crippen molar-refractivity contribution in [3.8, 4) is 5.75 Å². The van der Waals surface area contributed by atoms with Crippen molar-refractivity contribution < 1.29 is 13.5 Å². The molecular weight excluding hydrogens is 220 g/mol. The zero-order valence-corrected chi connectivity index (χ0v) is 9.19. The Balaban J connectivity index is 2.60. The molecule has 1 N–H and O–H groups in total. The number of thioether (sulfide) groups is 1. The van der Waals surface area contributed by atoms with Crippen LogP contribution in [0.25, 0.3) is 0 Å². The fourth-order valence-electron chi connectivity index (χ4n) is 1.10. The SMILES string of the molecule is CSCCNc1ccccc1OC(F)F. The highest BCUT2D eigenvalue weighted by Gasteiger charge is 2.07. The van der Waals surface area contributed by atoms with E-state index >= 15 is 0 Å². The van der Waals surface area contributed by atoms with Gasteiger partial charge in [-0.25, -0.2) is 0 Å². The van der Waals surface area contributed by atoms with Gasteiger partial charge < -0.3 is 10.1 Å². The van der Waals surface area contributed by atoms with Crippen LogP contribution in [0.15, 0.2) is 24.3 Å². The summed E-state index contributed by atoms with van der Waals surface area (Å²) in [6.07, 6.45) is 1.99. The van der Waals surface area contributed by atoms with Crippen LogP contribution in [0.2, 0.25) is 0 Å². The first-order chi connectivity index (χ1) is 7.24. The maximum absolute atomic E-state index is 12.0. The minimum absolute atomic E-state index is 0.189. The summed E-state index contributed by atoms with van der Waals surface area (Å²) in [4.78, 5) is 0. The van der Waals surface area contributed by atoms with Gasteiger partial charge in [0, 0.05) is 12.3 Å². The lowest BCUT2D eigenvalue weighted by Gasteiger charge is -2.11. The van der Waals surface area contributed by atoms with E-state index in [1.165, 1.54) is 6.07 Å². The van der Waals surface area contributed by atoms with Gasteiger partial charge in [-0.1, -0.05) is 12.1 Å². The van der Waals surface area contributed by atoms with E-state index in [0.717, 1.165) is 12.3 Å². The van der Waals surface area contributed by atoms with Crippen molar-refractivity contribution in [1.82, 2.24) is 0 Å². The Kier molecular flexibility index (Phi) is 5.25. The van der Waals surface area contributed by atoms with Gasteiger partial charge >= 0.3 is 6.61 Å². The second-order valence-electron chi connectivity index (χ2n) is 2.79. The lowest BCUT2D eigenvalue weighted by Crippen LogP contribution is -2.08. The maximum Gasteiger partial charge on any atom is 0.387 e. The van der Waals surface area contributed by atoms with E-state index in [4.69, 9.17) is 0 Å². The molecule has 0 aromatic heterocycles. The summed E-state index contributed by atoms with van der Waals surface area (Å²) < 4.78 is 28.4. The number of halogens is 2. The Morgan fingerprint density at radius 2 is 2.13 bits per heavy atom. The van der Waals surface area contributed by atoms with Gasteiger partial charge in [0.15, 0.2) is 0 Å². The summed E-state index contributed by atoms with van der Waals surface area (Å²) in [5, 5.41) is 3.04. The molecule has 0 heterocycles. The van der Waals surface area contributed by atoms with Crippen LogP contribution in [0.5, 0.6) is 5.75 Å². The van der Waals surface area contributed by atoms with E-state index < -0.39 is 6.61 Å². The second kappa shape index (κ2) is 6.50. The smallest absolute Gasteiger partial charge is 0.387 e. The van der Waals surface area contributed by atoms with Crippen LogP contribution in [0.3, 0.4) is 0 Å². The van der Waals surface area contributed by atoms with Gasteiger partial charge in [-0.05, 0) is 18.4 Å². The number of ether oxygens (including phenoxy) is 1. The molecule has 0 spiro atoms. The van der Waals surface area contributed by atoms with E-state index in [2.05, 4.69) is 10.1 Å². The Bertz CT molecular complexity index is 297. The van der Waals surface area contributed by atoms with E-state index in [0.29, 0.717) is 5.69 Å². The van der Waals surface area contributed by atoms with Crippen molar-refractivity contribution in [2.75, 3.05) is 23.9 Å².